The molecule has 12 rings (SSSR count). The van der Waals surface area contributed by atoms with Gasteiger partial charge in [-0.3, -0.25) is 69.4 Å². The minimum Gasteiger partial charge on any atom is -0.740 e. The fourth-order valence-electron chi connectivity index (χ4n) is 6.87. The number of benzene rings is 6. The zero-order chi connectivity index (χ0) is 67.3. The van der Waals surface area contributed by atoms with Crippen molar-refractivity contribution >= 4 is 88.6 Å². The van der Waals surface area contributed by atoms with Crippen LogP contribution in [0.1, 0.15) is 13.8 Å². The van der Waals surface area contributed by atoms with E-state index >= 15 is 0 Å². The number of hydrogen-bond acceptors (Lipinski definition) is 21. The van der Waals surface area contributed by atoms with Crippen LogP contribution in [0.4, 0.5) is 0 Å². The van der Waals surface area contributed by atoms with Crippen LogP contribution in [0, 0.1) is 0 Å². The van der Waals surface area contributed by atoms with E-state index in [0.717, 1.165) is 93.6 Å². The molecule has 0 saturated heterocycles. The number of nitrogens with zero attached hydrogens (tertiary/aromatic N) is 14. The Morgan fingerprint density at radius 2 is 0.404 bits per heavy atom. The topological polar surface area (TPSA) is 205 Å². The maximum Gasteiger partial charge on any atom is 1.00 e. The smallest absolute Gasteiger partial charge is 0.740 e. The Kier molecular flexibility index (Phi) is 57.3. The van der Waals surface area contributed by atoms with Crippen molar-refractivity contribution < 1.29 is 117 Å². The second-order valence-electron chi connectivity index (χ2n) is 18.5. The molecule has 29 heteroatoms. The Bertz CT molecular complexity index is 3350. The van der Waals surface area contributed by atoms with Gasteiger partial charge in [-0.25, -0.2) is 0 Å². The number of aromatic nitrogens is 12. The summed E-state index contributed by atoms with van der Waals surface area (Å²) < 4.78 is 4.83. The first kappa shape index (κ1) is 96.3. The van der Waals surface area contributed by atoms with Gasteiger partial charge in [-0.05, 0) is 50.2 Å². The van der Waals surface area contributed by atoms with Crippen LogP contribution in [0.25, 0.3) is 67.5 Å². The second kappa shape index (κ2) is 58.9. The average Bonchev–Trinajstić information content (AvgIpc) is 2.33. The quantitative estimate of drug-likeness (QED) is 0.0540. The average molecular weight is 1730 g/mol. The van der Waals surface area contributed by atoms with Gasteiger partial charge in [-0.1, -0.05) is 182 Å². The van der Waals surface area contributed by atoms with Crippen molar-refractivity contribution in [2.24, 2.45) is 0 Å². The molecule has 0 atom stereocenters. The molecular weight excluding hydrogens is 1660 g/mol. The van der Waals surface area contributed by atoms with E-state index in [0.29, 0.717) is 30.9 Å². The van der Waals surface area contributed by atoms with Gasteiger partial charge in [0.25, 0.3) is 0 Å². The SMILES string of the molecule is CCOCC.CN(C)C=O.CN(C)C=O.[Cu+].[Cu+].[Cu+].[Cu+].[Cu+].[Cu+].[S-]c1nccc(-c2ccccc2)n1.[S-]c1nccc(-c2ccccc2)n1.[S-]c1nccc(-c2ccccc2)n1.[S-]c1nccc(-c2ccccc2)n1.[S-]c1nccc(-c2ccccc2)n1.[S-]c1nccc(-c2ccccc2)n1. The summed E-state index contributed by atoms with van der Waals surface area (Å²) in [7, 11) is 6.75. The van der Waals surface area contributed by atoms with Crippen LogP contribution in [-0.2, 0) is 193 Å². The minimum absolute atomic E-state index is 0. The van der Waals surface area contributed by atoms with E-state index in [-0.39, 0.29) is 102 Å². The maximum absolute atomic E-state index is 9.43. The summed E-state index contributed by atoms with van der Waals surface area (Å²) in [6.07, 6.45) is 11.6. The van der Waals surface area contributed by atoms with Gasteiger partial charge in [-0.15, -0.1) is 0 Å². The van der Waals surface area contributed by atoms with Crippen LogP contribution in [0.5, 0.6) is 0 Å². The van der Waals surface area contributed by atoms with Crippen LogP contribution in [0.2, 0.25) is 0 Å². The van der Waals surface area contributed by atoms with Crippen molar-refractivity contribution in [3.05, 3.63) is 256 Å². The molecule has 0 radical (unpaired) electrons. The first-order valence-corrected chi connectivity index (χ1v) is 30.7. The summed E-state index contributed by atoms with van der Waals surface area (Å²) in [6, 6.07) is 70.6. The summed E-state index contributed by atoms with van der Waals surface area (Å²) in [6.45, 7) is 5.67. The van der Waals surface area contributed by atoms with Crippen molar-refractivity contribution in [2.75, 3.05) is 41.4 Å². The van der Waals surface area contributed by atoms with Gasteiger partial charge in [-0.2, -0.15) is 0 Å². The number of ether oxygens (including phenoxy) is 1. The van der Waals surface area contributed by atoms with Crippen molar-refractivity contribution in [1.82, 2.24) is 69.6 Å². The van der Waals surface area contributed by atoms with Crippen molar-refractivity contribution in [2.45, 2.75) is 44.8 Å². The summed E-state index contributed by atoms with van der Waals surface area (Å²) >= 11 is 29.3. The molecule has 0 unspecified atom stereocenters. The van der Waals surface area contributed by atoms with Gasteiger partial charge in [0.15, 0.2) is 0 Å². The molecule has 12 aromatic rings. The largest absolute Gasteiger partial charge is 1.00 e. The summed E-state index contributed by atoms with van der Waals surface area (Å²) in [5, 5.41) is 2.34. The minimum atomic E-state index is 0. The van der Waals surface area contributed by atoms with Gasteiger partial charge in [0, 0.05) is 143 Å². The maximum atomic E-state index is 9.43. The monoisotopic (exact) mass is 1720 g/mol. The Labute approximate surface area is 677 Å². The van der Waals surface area contributed by atoms with Crippen LogP contribution in [0.3, 0.4) is 0 Å². The summed E-state index contributed by atoms with van der Waals surface area (Å²) in [5.74, 6) is 0. The molecule has 0 aliphatic heterocycles. The Morgan fingerprint density at radius 3 is 0.495 bits per heavy atom. The van der Waals surface area contributed by atoms with Crippen molar-refractivity contribution in [1.29, 1.82) is 0 Å². The van der Waals surface area contributed by atoms with E-state index in [1.165, 1.54) is 9.80 Å². The second-order valence-corrected chi connectivity index (χ2v) is 20.7. The summed E-state index contributed by atoms with van der Waals surface area (Å²) in [4.78, 5) is 69.8. The van der Waals surface area contributed by atoms with E-state index in [2.05, 4.69) is 59.8 Å². The van der Waals surface area contributed by atoms with E-state index < -0.39 is 0 Å². The number of amides is 2. The molecule has 99 heavy (non-hydrogen) atoms. The number of hydrogen-bond donors (Lipinski definition) is 0. The van der Waals surface area contributed by atoms with Gasteiger partial charge < -0.3 is 90.3 Å². The molecule has 0 bridgehead atoms. The van der Waals surface area contributed by atoms with Gasteiger partial charge >= 0.3 is 102 Å². The molecule has 17 nitrogen and oxygen atoms in total. The third kappa shape index (κ3) is 42.1. The Hall–Kier alpha value is -6.86. The Balaban J connectivity index is -0.00000106. The number of carbonyl (C=O) groups is 2. The van der Waals surface area contributed by atoms with Gasteiger partial charge in [0.1, 0.15) is 0 Å². The van der Waals surface area contributed by atoms with E-state index in [9.17, 15) is 9.59 Å². The standard InChI is InChI=1S/6C10H8N2S.C4H10O.2C3H7NO.6Cu/c6*13-10-11-7-6-9(12-10)8-4-2-1-3-5-8;1-3-5-4-2;2*1-4(2)3-5;;;;;;/h6*1-7H,(H,11,12,13);3-4H2,1-2H3;2*3H,1-2H3;;;;;;/q;;;;;;;;;6*+1/p-6. The number of rotatable bonds is 10. The molecule has 0 fully saturated rings. The van der Waals surface area contributed by atoms with Crippen LogP contribution in [0.15, 0.2) is 287 Å². The zero-order valence-electron chi connectivity index (χ0n) is 53.6. The molecule has 6 heterocycles. The summed E-state index contributed by atoms with van der Waals surface area (Å²) in [5.41, 5.74) is 11.6. The normalized spacial score (nSPS) is 8.87. The predicted octanol–water partition coefficient (Wildman–Crippen LogP) is 12.7. The third-order valence-electron chi connectivity index (χ3n) is 11.0. The number of carbonyl (C=O) groups excluding carboxylic acids is 2. The first-order chi connectivity index (χ1) is 45.1. The first-order valence-electron chi connectivity index (χ1n) is 28.3. The molecule has 0 N–H and O–H groups in total. The molecule has 2 amide bonds. The van der Waals surface area contributed by atoms with Gasteiger partial charge in [0.05, 0.1) is 34.2 Å². The van der Waals surface area contributed by atoms with E-state index in [4.69, 9.17) is 80.5 Å². The zero-order valence-corrected chi connectivity index (χ0v) is 64.1. The third-order valence-corrected chi connectivity index (χ3v) is 12.2. The Morgan fingerprint density at radius 1 is 0.273 bits per heavy atom. The molecule has 536 valence electrons. The molecular formula is C70H66Cu6N14O3S6. The molecule has 6 aromatic carbocycles. The molecule has 0 saturated carbocycles. The van der Waals surface area contributed by atoms with Crippen molar-refractivity contribution in [3.63, 3.8) is 0 Å². The van der Waals surface area contributed by atoms with Crippen LogP contribution < -0.4 is 0 Å². The fourth-order valence-corrected chi connectivity index (χ4v) is 7.82. The van der Waals surface area contributed by atoms with Crippen LogP contribution >= 0.6 is 0 Å². The molecule has 0 aliphatic rings. The van der Waals surface area contributed by atoms with Crippen molar-refractivity contribution in [3.8, 4) is 67.5 Å². The molecule has 0 spiro atoms. The van der Waals surface area contributed by atoms with Crippen LogP contribution in [-0.4, -0.2) is 124 Å². The fraction of sp³-hybridized carbons (Fsp3) is 0.114. The molecule has 6 aromatic heterocycles. The van der Waals surface area contributed by atoms with E-state index in [1.807, 2.05) is 232 Å². The van der Waals surface area contributed by atoms with E-state index in [1.54, 1.807) is 65.4 Å². The predicted molar refractivity (Wildman–Crippen MR) is 380 cm³/mol. The molecule has 0 aliphatic carbocycles. The van der Waals surface area contributed by atoms with Gasteiger partial charge in [0.2, 0.25) is 12.8 Å².